The summed E-state index contributed by atoms with van der Waals surface area (Å²) in [7, 11) is 1.74. The minimum Gasteiger partial charge on any atom is -0.462 e. The van der Waals surface area contributed by atoms with Gasteiger partial charge in [0, 0.05) is 18.8 Å². The van der Waals surface area contributed by atoms with E-state index in [2.05, 4.69) is 5.10 Å². The molecule has 0 radical (unpaired) electrons. The van der Waals surface area contributed by atoms with Gasteiger partial charge in [-0.25, -0.2) is 4.79 Å². The monoisotopic (exact) mass is 275 g/mol. The predicted molar refractivity (Wildman–Crippen MR) is 73.7 cm³/mol. The molecule has 0 aliphatic heterocycles. The van der Waals surface area contributed by atoms with Crippen LogP contribution in [0.3, 0.4) is 0 Å². The molecule has 2 rings (SSSR count). The lowest BCUT2D eigenvalue weighted by Gasteiger charge is -2.09. The van der Waals surface area contributed by atoms with Gasteiger partial charge in [-0.2, -0.15) is 5.10 Å². The van der Waals surface area contributed by atoms with Crippen molar-refractivity contribution in [2.75, 3.05) is 6.61 Å². The Morgan fingerprint density at radius 2 is 2.20 bits per heavy atom. The molecule has 0 fully saturated rings. The summed E-state index contributed by atoms with van der Waals surface area (Å²) in [4.78, 5) is 23.9. The Morgan fingerprint density at radius 3 is 2.90 bits per heavy atom. The Bertz CT molecular complexity index is 685. The maximum Gasteiger partial charge on any atom is 0.341 e. The number of carbonyl (C=O) groups excluding carboxylic acids is 1. The van der Waals surface area contributed by atoms with E-state index in [9.17, 15) is 9.59 Å². The lowest BCUT2D eigenvalue weighted by atomic mass is 10.2. The highest BCUT2D eigenvalue weighted by molar-refractivity contribution is 5.90. The lowest BCUT2D eigenvalue weighted by molar-refractivity contribution is 0.0524. The molecule has 0 atom stereocenters. The Balaban J connectivity index is 2.39. The third-order valence-corrected chi connectivity index (χ3v) is 3.09. The first-order valence-corrected chi connectivity index (χ1v) is 6.38. The zero-order valence-corrected chi connectivity index (χ0v) is 11.8. The maximum atomic E-state index is 12.0. The van der Waals surface area contributed by atoms with Gasteiger partial charge in [0.15, 0.2) is 0 Å². The maximum absolute atomic E-state index is 12.0. The van der Waals surface area contributed by atoms with Gasteiger partial charge < -0.3 is 9.30 Å². The summed E-state index contributed by atoms with van der Waals surface area (Å²) in [6.07, 6.45) is 3.16. The van der Waals surface area contributed by atoms with Gasteiger partial charge in [-0.3, -0.25) is 9.48 Å². The number of nitrogens with zero attached hydrogens (tertiary/aromatic N) is 3. The van der Waals surface area contributed by atoms with Gasteiger partial charge in [0.1, 0.15) is 5.56 Å². The van der Waals surface area contributed by atoms with Crippen molar-refractivity contribution in [2.45, 2.75) is 20.4 Å². The van der Waals surface area contributed by atoms with Crippen molar-refractivity contribution in [1.29, 1.82) is 0 Å². The number of pyridine rings is 1. The van der Waals surface area contributed by atoms with E-state index in [-0.39, 0.29) is 12.1 Å². The van der Waals surface area contributed by atoms with Crippen LogP contribution in [-0.4, -0.2) is 26.9 Å². The summed E-state index contributed by atoms with van der Waals surface area (Å²) in [5, 5.41) is 4.07. The molecule has 2 aromatic heterocycles. The number of hydrogen-bond donors (Lipinski definition) is 0. The van der Waals surface area contributed by atoms with Crippen molar-refractivity contribution in [3.63, 3.8) is 0 Å². The number of ether oxygens (including phenoxy) is 1. The number of aryl methyl sites for hydroxylation is 2. The van der Waals surface area contributed by atoms with Crippen molar-refractivity contribution in [1.82, 2.24) is 14.3 Å². The Kier molecular flexibility index (Phi) is 4.02. The molecule has 0 spiro atoms. The molecule has 0 saturated heterocycles. The molecule has 0 amide bonds. The van der Waals surface area contributed by atoms with Crippen LogP contribution in [0.2, 0.25) is 0 Å². The molecular formula is C14H17N3O3. The second kappa shape index (κ2) is 5.73. The predicted octanol–water partition coefficient (Wildman–Crippen LogP) is 1.12. The van der Waals surface area contributed by atoms with Crippen molar-refractivity contribution in [2.24, 2.45) is 7.05 Å². The Labute approximate surface area is 116 Å². The van der Waals surface area contributed by atoms with E-state index in [1.807, 2.05) is 0 Å². The molecule has 106 valence electrons. The number of carbonyl (C=O) groups is 1. The van der Waals surface area contributed by atoms with Crippen molar-refractivity contribution < 1.29 is 9.53 Å². The molecule has 0 aliphatic rings. The molecule has 2 heterocycles. The fraction of sp³-hybridized carbons (Fsp3) is 0.357. The smallest absolute Gasteiger partial charge is 0.341 e. The molecule has 6 heteroatoms. The quantitative estimate of drug-likeness (QED) is 0.784. The SMILES string of the molecule is CCOC(=O)c1cnn(C)c1Cn1cccc(C)c1=O. The Hall–Kier alpha value is -2.37. The van der Waals surface area contributed by atoms with Crippen LogP contribution in [-0.2, 0) is 18.3 Å². The zero-order chi connectivity index (χ0) is 14.7. The minimum atomic E-state index is -0.420. The fourth-order valence-corrected chi connectivity index (χ4v) is 1.97. The van der Waals surface area contributed by atoms with Crippen LogP contribution in [0.15, 0.2) is 29.3 Å². The van der Waals surface area contributed by atoms with E-state index in [1.165, 1.54) is 6.20 Å². The van der Waals surface area contributed by atoms with E-state index in [0.717, 1.165) is 0 Å². The molecule has 0 aromatic carbocycles. The van der Waals surface area contributed by atoms with Crippen molar-refractivity contribution >= 4 is 5.97 Å². The largest absolute Gasteiger partial charge is 0.462 e. The van der Waals surface area contributed by atoms with E-state index in [1.54, 1.807) is 48.5 Å². The first kappa shape index (κ1) is 14.0. The summed E-state index contributed by atoms with van der Waals surface area (Å²) in [6.45, 7) is 4.09. The first-order valence-electron chi connectivity index (χ1n) is 6.38. The lowest BCUT2D eigenvalue weighted by Crippen LogP contribution is -2.24. The molecular weight excluding hydrogens is 258 g/mol. The van der Waals surface area contributed by atoms with Gasteiger partial charge >= 0.3 is 5.97 Å². The molecule has 2 aromatic rings. The highest BCUT2D eigenvalue weighted by atomic mass is 16.5. The second-order valence-electron chi connectivity index (χ2n) is 4.47. The average Bonchev–Trinajstić information content (AvgIpc) is 2.77. The Morgan fingerprint density at radius 1 is 1.45 bits per heavy atom. The zero-order valence-electron chi connectivity index (χ0n) is 11.8. The van der Waals surface area contributed by atoms with Gasteiger partial charge in [-0.15, -0.1) is 0 Å². The minimum absolute atomic E-state index is 0.0801. The molecule has 20 heavy (non-hydrogen) atoms. The highest BCUT2D eigenvalue weighted by Crippen LogP contribution is 2.10. The second-order valence-corrected chi connectivity index (χ2v) is 4.47. The van der Waals surface area contributed by atoms with Gasteiger partial charge in [0.2, 0.25) is 0 Å². The van der Waals surface area contributed by atoms with Crippen LogP contribution in [0, 0.1) is 6.92 Å². The van der Waals surface area contributed by atoms with Crippen LogP contribution < -0.4 is 5.56 Å². The van der Waals surface area contributed by atoms with Crippen LogP contribution >= 0.6 is 0 Å². The summed E-state index contributed by atoms with van der Waals surface area (Å²) in [5.41, 5.74) is 1.62. The van der Waals surface area contributed by atoms with Crippen molar-refractivity contribution in [3.8, 4) is 0 Å². The normalized spacial score (nSPS) is 10.6. The number of hydrogen-bond acceptors (Lipinski definition) is 4. The standard InChI is InChI=1S/C14H17N3O3/c1-4-20-14(19)11-8-15-16(3)12(11)9-17-7-5-6-10(2)13(17)18/h5-8H,4,9H2,1-3H3. The van der Waals surface area contributed by atoms with E-state index in [4.69, 9.17) is 4.74 Å². The van der Waals surface area contributed by atoms with Gasteiger partial charge in [-0.05, 0) is 19.9 Å². The molecule has 6 nitrogen and oxygen atoms in total. The van der Waals surface area contributed by atoms with Crippen molar-refractivity contribution in [3.05, 3.63) is 51.7 Å². The first-order chi connectivity index (χ1) is 9.54. The van der Waals surface area contributed by atoms with E-state index < -0.39 is 5.97 Å². The average molecular weight is 275 g/mol. The topological polar surface area (TPSA) is 66.1 Å². The highest BCUT2D eigenvalue weighted by Gasteiger charge is 2.17. The molecule has 0 bridgehead atoms. The molecule has 0 N–H and O–H groups in total. The van der Waals surface area contributed by atoms with Crippen LogP contribution in [0.5, 0.6) is 0 Å². The molecule has 0 saturated carbocycles. The van der Waals surface area contributed by atoms with Gasteiger partial charge in [0.25, 0.3) is 5.56 Å². The summed E-state index contributed by atoms with van der Waals surface area (Å²) >= 11 is 0. The van der Waals surface area contributed by atoms with Gasteiger partial charge in [-0.1, -0.05) is 6.07 Å². The van der Waals surface area contributed by atoms with E-state index >= 15 is 0 Å². The third-order valence-electron chi connectivity index (χ3n) is 3.09. The summed E-state index contributed by atoms with van der Waals surface area (Å²) in [5.74, 6) is -0.420. The number of esters is 1. The van der Waals surface area contributed by atoms with Crippen LogP contribution in [0.25, 0.3) is 0 Å². The number of aromatic nitrogens is 3. The number of rotatable bonds is 4. The molecule has 0 unspecified atom stereocenters. The van der Waals surface area contributed by atoms with Gasteiger partial charge in [0.05, 0.1) is 25.0 Å². The summed E-state index contributed by atoms with van der Waals surface area (Å²) < 4.78 is 8.13. The fourth-order valence-electron chi connectivity index (χ4n) is 1.97. The van der Waals surface area contributed by atoms with Crippen LogP contribution in [0.1, 0.15) is 28.5 Å². The third kappa shape index (κ3) is 2.64. The van der Waals surface area contributed by atoms with E-state index in [0.29, 0.717) is 23.4 Å². The molecule has 0 aliphatic carbocycles. The van der Waals surface area contributed by atoms with Crippen LogP contribution in [0.4, 0.5) is 0 Å². The summed E-state index contributed by atoms with van der Waals surface area (Å²) in [6, 6.07) is 3.56.